The van der Waals surface area contributed by atoms with Gasteiger partial charge in [0.05, 0.1) is 5.56 Å². The second-order valence-electron chi connectivity index (χ2n) is 2.82. The molecule has 0 amide bonds. The Morgan fingerprint density at radius 1 is 1.41 bits per heavy atom. The summed E-state index contributed by atoms with van der Waals surface area (Å²) in [7, 11) is 0. The summed E-state index contributed by atoms with van der Waals surface area (Å²) < 4.78 is 61.6. The van der Waals surface area contributed by atoms with Crippen molar-refractivity contribution < 1.29 is 32.0 Å². The third kappa shape index (κ3) is 2.40. The van der Waals surface area contributed by atoms with Crippen LogP contribution in [0.1, 0.15) is 17.6 Å². The highest BCUT2D eigenvalue weighted by atomic mass is 19.4. The molecule has 0 atom stereocenters. The standard InChI is InChI=1S/C7H3F5N2O3/c8-5(9)2-1-13-6(14(16)17)4(15)3(2)7(10,11)12/h1,5,15H. The summed E-state index contributed by atoms with van der Waals surface area (Å²) >= 11 is 0. The van der Waals surface area contributed by atoms with Crippen molar-refractivity contribution in [2.75, 3.05) is 0 Å². The van der Waals surface area contributed by atoms with Crippen molar-refractivity contribution in [3.05, 3.63) is 27.4 Å². The lowest BCUT2D eigenvalue weighted by Gasteiger charge is -2.12. The van der Waals surface area contributed by atoms with E-state index in [9.17, 15) is 32.1 Å². The number of hydrogen-bond donors (Lipinski definition) is 1. The Kier molecular flexibility index (Phi) is 3.16. The number of halogens is 5. The Bertz CT molecular complexity index is 460. The Balaban J connectivity index is 3.59. The van der Waals surface area contributed by atoms with Gasteiger partial charge in [0, 0.05) is 0 Å². The number of nitrogens with zero attached hydrogens (tertiary/aromatic N) is 2. The third-order valence-electron chi connectivity index (χ3n) is 1.75. The van der Waals surface area contributed by atoms with Crippen molar-refractivity contribution in [3.8, 4) is 5.75 Å². The number of pyridine rings is 1. The van der Waals surface area contributed by atoms with Gasteiger partial charge in [-0.1, -0.05) is 0 Å². The fraction of sp³-hybridized carbons (Fsp3) is 0.286. The zero-order chi connectivity index (χ0) is 13.4. The van der Waals surface area contributed by atoms with Gasteiger partial charge in [-0.05, 0) is 9.91 Å². The van der Waals surface area contributed by atoms with Crippen LogP contribution < -0.4 is 0 Å². The molecule has 1 N–H and O–H groups in total. The van der Waals surface area contributed by atoms with E-state index in [0.717, 1.165) is 0 Å². The van der Waals surface area contributed by atoms with E-state index in [0.29, 0.717) is 0 Å². The lowest BCUT2D eigenvalue weighted by molar-refractivity contribution is -0.390. The molecule has 0 saturated carbocycles. The molecule has 0 fully saturated rings. The molecule has 0 bridgehead atoms. The van der Waals surface area contributed by atoms with Crippen molar-refractivity contribution in [2.45, 2.75) is 12.6 Å². The molecular formula is C7H3F5N2O3. The highest BCUT2D eigenvalue weighted by molar-refractivity contribution is 5.50. The van der Waals surface area contributed by atoms with Crippen LogP contribution in [0.2, 0.25) is 0 Å². The molecule has 1 aromatic heterocycles. The maximum atomic E-state index is 12.4. The van der Waals surface area contributed by atoms with Crippen LogP contribution in [0.5, 0.6) is 5.75 Å². The van der Waals surface area contributed by atoms with Gasteiger partial charge >= 0.3 is 12.0 Å². The molecule has 1 heterocycles. The highest BCUT2D eigenvalue weighted by Crippen LogP contribution is 2.44. The normalized spacial score (nSPS) is 11.9. The predicted molar refractivity (Wildman–Crippen MR) is 42.5 cm³/mol. The molecule has 94 valence electrons. The molecule has 1 rings (SSSR count). The molecule has 0 spiro atoms. The fourth-order valence-electron chi connectivity index (χ4n) is 1.10. The van der Waals surface area contributed by atoms with Gasteiger partial charge in [0.15, 0.2) is 0 Å². The van der Waals surface area contributed by atoms with Crippen LogP contribution in [-0.4, -0.2) is 15.0 Å². The largest absolute Gasteiger partial charge is 0.501 e. The molecular weight excluding hydrogens is 255 g/mol. The fourth-order valence-corrected chi connectivity index (χ4v) is 1.10. The van der Waals surface area contributed by atoms with E-state index in [1.807, 2.05) is 0 Å². The second-order valence-corrected chi connectivity index (χ2v) is 2.82. The van der Waals surface area contributed by atoms with Crippen LogP contribution >= 0.6 is 0 Å². The van der Waals surface area contributed by atoms with Crippen molar-refractivity contribution in [1.29, 1.82) is 0 Å². The molecule has 0 aliphatic carbocycles. The monoisotopic (exact) mass is 258 g/mol. The predicted octanol–water partition coefficient (Wildman–Crippen LogP) is 2.65. The molecule has 0 saturated heterocycles. The highest BCUT2D eigenvalue weighted by Gasteiger charge is 2.43. The Hall–Kier alpha value is -2.00. The smallest absolute Gasteiger partial charge is 0.420 e. The first-order valence-electron chi connectivity index (χ1n) is 3.87. The van der Waals surface area contributed by atoms with Crippen LogP contribution in [0.4, 0.5) is 27.8 Å². The lowest BCUT2D eigenvalue weighted by Crippen LogP contribution is -2.12. The molecule has 0 aliphatic rings. The van der Waals surface area contributed by atoms with Gasteiger partial charge in [-0.15, -0.1) is 0 Å². The van der Waals surface area contributed by atoms with Gasteiger partial charge < -0.3 is 15.2 Å². The Morgan fingerprint density at radius 2 is 1.94 bits per heavy atom. The summed E-state index contributed by atoms with van der Waals surface area (Å²) in [6.45, 7) is 0. The maximum Gasteiger partial charge on any atom is 0.420 e. The average Bonchev–Trinajstić information content (AvgIpc) is 2.14. The minimum absolute atomic E-state index is 0.0192. The first-order chi connectivity index (χ1) is 7.66. The van der Waals surface area contributed by atoms with Crippen LogP contribution in [0.15, 0.2) is 6.20 Å². The van der Waals surface area contributed by atoms with Crippen LogP contribution in [-0.2, 0) is 6.18 Å². The summed E-state index contributed by atoms with van der Waals surface area (Å²) in [5, 5.41) is 19.2. The zero-order valence-corrected chi connectivity index (χ0v) is 7.70. The van der Waals surface area contributed by atoms with E-state index in [4.69, 9.17) is 5.11 Å². The first kappa shape index (κ1) is 13.1. The summed E-state index contributed by atoms with van der Waals surface area (Å²) in [6.07, 6.45) is -8.89. The van der Waals surface area contributed by atoms with Gasteiger partial charge in [0.1, 0.15) is 11.8 Å². The summed E-state index contributed by atoms with van der Waals surface area (Å²) in [4.78, 5) is 11.6. The van der Waals surface area contributed by atoms with Gasteiger partial charge in [0.25, 0.3) is 6.43 Å². The summed E-state index contributed by atoms with van der Waals surface area (Å²) in [5.74, 6) is -3.44. The molecule has 17 heavy (non-hydrogen) atoms. The number of aromatic hydroxyl groups is 1. The third-order valence-corrected chi connectivity index (χ3v) is 1.75. The van der Waals surface area contributed by atoms with Crippen LogP contribution in [0, 0.1) is 10.1 Å². The van der Waals surface area contributed by atoms with E-state index in [1.165, 1.54) is 0 Å². The maximum absolute atomic E-state index is 12.4. The van der Waals surface area contributed by atoms with Gasteiger partial charge in [-0.2, -0.15) is 13.2 Å². The number of nitro groups is 1. The van der Waals surface area contributed by atoms with Crippen molar-refractivity contribution >= 4 is 5.82 Å². The van der Waals surface area contributed by atoms with Gasteiger partial charge in [-0.3, -0.25) is 0 Å². The topological polar surface area (TPSA) is 76.3 Å². The summed E-state index contributed by atoms with van der Waals surface area (Å²) in [6, 6.07) is 0. The molecule has 1 aromatic rings. The SMILES string of the molecule is O=[N+]([O-])c1ncc(C(F)F)c(C(F)(F)F)c1O. The number of aromatic nitrogens is 1. The number of alkyl halides is 5. The summed E-state index contributed by atoms with van der Waals surface area (Å²) in [5.41, 5.74) is -3.75. The molecule has 0 unspecified atom stereocenters. The van der Waals surface area contributed by atoms with Gasteiger partial charge in [0.2, 0.25) is 5.75 Å². The minimum Gasteiger partial charge on any atom is -0.501 e. The molecule has 10 heteroatoms. The van der Waals surface area contributed by atoms with Crippen molar-refractivity contribution in [3.63, 3.8) is 0 Å². The average molecular weight is 258 g/mol. The van der Waals surface area contributed by atoms with Crippen molar-refractivity contribution in [1.82, 2.24) is 4.98 Å². The number of hydrogen-bond acceptors (Lipinski definition) is 4. The molecule has 0 radical (unpaired) electrons. The van der Waals surface area contributed by atoms with E-state index in [-0.39, 0.29) is 6.20 Å². The van der Waals surface area contributed by atoms with Crippen molar-refractivity contribution in [2.24, 2.45) is 0 Å². The zero-order valence-electron chi connectivity index (χ0n) is 7.70. The Morgan fingerprint density at radius 3 is 2.29 bits per heavy atom. The van der Waals surface area contributed by atoms with E-state index in [1.54, 1.807) is 0 Å². The van der Waals surface area contributed by atoms with Gasteiger partial charge in [-0.25, -0.2) is 8.78 Å². The van der Waals surface area contributed by atoms with E-state index >= 15 is 0 Å². The second kappa shape index (κ2) is 4.11. The minimum atomic E-state index is -5.34. The number of rotatable bonds is 2. The Labute approximate surface area is 89.7 Å². The lowest BCUT2D eigenvalue weighted by atomic mass is 10.1. The molecule has 0 aliphatic heterocycles. The van der Waals surface area contributed by atoms with Crippen LogP contribution in [0.3, 0.4) is 0 Å². The molecule has 5 nitrogen and oxygen atoms in total. The van der Waals surface area contributed by atoms with E-state index < -0.39 is 40.2 Å². The van der Waals surface area contributed by atoms with E-state index in [2.05, 4.69) is 4.98 Å². The first-order valence-corrected chi connectivity index (χ1v) is 3.87. The quantitative estimate of drug-likeness (QED) is 0.502. The van der Waals surface area contributed by atoms with Crippen LogP contribution in [0.25, 0.3) is 0 Å². The molecule has 0 aromatic carbocycles.